The maximum Gasteiger partial charge on any atom is 0.325 e. The second-order valence-electron chi connectivity index (χ2n) is 5.82. The van der Waals surface area contributed by atoms with Gasteiger partial charge in [0.1, 0.15) is 11.9 Å². The summed E-state index contributed by atoms with van der Waals surface area (Å²) in [6.07, 6.45) is -0.429. The van der Waals surface area contributed by atoms with Gasteiger partial charge in [-0.1, -0.05) is 18.2 Å². The molecule has 2 aromatic carbocycles. The highest BCUT2D eigenvalue weighted by molar-refractivity contribution is 5.75. The number of halogens is 3. The van der Waals surface area contributed by atoms with Crippen LogP contribution in [0.15, 0.2) is 42.5 Å². The molecular formula is C18H16F3NO3. The molecule has 0 aromatic heterocycles. The van der Waals surface area contributed by atoms with Gasteiger partial charge in [-0.25, -0.2) is 13.2 Å². The smallest absolute Gasteiger partial charge is 0.325 e. The van der Waals surface area contributed by atoms with Crippen LogP contribution in [0.3, 0.4) is 0 Å². The molecule has 1 aliphatic heterocycles. The Balaban J connectivity index is 1.85. The first-order valence-electron chi connectivity index (χ1n) is 7.74. The lowest BCUT2D eigenvalue weighted by Gasteiger charge is -2.36. The lowest BCUT2D eigenvalue weighted by molar-refractivity contribution is -0.147. The molecule has 2 atom stereocenters. The Morgan fingerprint density at radius 2 is 1.84 bits per heavy atom. The predicted octanol–water partition coefficient (Wildman–Crippen LogP) is 3.30. The maximum atomic E-state index is 13.5. The minimum absolute atomic E-state index is 0.158. The quantitative estimate of drug-likeness (QED) is 0.918. The summed E-state index contributed by atoms with van der Waals surface area (Å²) in [6, 6.07) is 7.73. The van der Waals surface area contributed by atoms with E-state index >= 15 is 0 Å². The first-order valence-corrected chi connectivity index (χ1v) is 7.74. The van der Waals surface area contributed by atoms with Crippen molar-refractivity contribution >= 4 is 5.97 Å². The van der Waals surface area contributed by atoms with E-state index in [2.05, 4.69) is 0 Å². The Labute approximate surface area is 142 Å². The summed E-state index contributed by atoms with van der Waals surface area (Å²) < 4.78 is 45.4. The van der Waals surface area contributed by atoms with Gasteiger partial charge in [0, 0.05) is 13.1 Å². The van der Waals surface area contributed by atoms with Gasteiger partial charge in [0.15, 0.2) is 11.6 Å². The van der Waals surface area contributed by atoms with Crippen molar-refractivity contribution < 1.29 is 27.8 Å². The molecule has 7 heteroatoms. The molecule has 0 aliphatic carbocycles. The van der Waals surface area contributed by atoms with Crippen molar-refractivity contribution in [3.05, 3.63) is 71.0 Å². The maximum absolute atomic E-state index is 13.5. The van der Waals surface area contributed by atoms with E-state index in [1.165, 1.54) is 18.2 Å². The predicted molar refractivity (Wildman–Crippen MR) is 83.4 cm³/mol. The number of ether oxygens (including phenoxy) is 1. The van der Waals surface area contributed by atoms with E-state index in [1.807, 2.05) is 0 Å². The van der Waals surface area contributed by atoms with Gasteiger partial charge in [-0.2, -0.15) is 0 Å². The lowest BCUT2D eigenvalue weighted by atomic mass is 10.0. The van der Waals surface area contributed by atoms with Gasteiger partial charge in [-0.05, 0) is 35.4 Å². The molecule has 1 saturated heterocycles. The average Bonchev–Trinajstić information content (AvgIpc) is 2.59. The van der Waals surface area contributed by atoms with Gasteiger partial charge in [-0.3, -0.25) is 9.69 Å². The molecule has 25 heavy (non-hydrogen) atoms. The van der Waals surface area contributed by atoms with E-state index < -0.39 is 29.7 Å². The molecule has 0 bridgehead atoms. The zero-order valence-corrected chi connectivity index (χ0v) is 13.2. The Kier molecular flexibility index (Phi) is 5.06. The van der Waals surface area contributed by atoms with Crippen LogP contribution in [0.4, 0.5) is 13.2 Å². The molecule has 1 heterocycles. The highest BCUT2D eigenvalue weighted by atomic mass is 19.2. The lowest BCUT2D eigenvalue weighted by Crippen LogP contribution is -2.43. The fourth-order valence-corrected chi connectivity index (χ4v) is 2.97. The standard InChI is InChI=1S/C18H16F3NO3/c19-13-4-1-11(2-5-13)16-10-22(7-8-25-16)17(18(23)24)12-3-6-14(20)15(21)9-12/h1-6,9,16-17H,7-8,10H2,(H,23,24). The Morgan fingerprint density at radius 3 is 2.48 bits per heavy atom. The van der Waals surface area contributed by atoms with Crippen LogP contribution in [0, 0.1) is 17.5 Å². The number of nitrogens with zero attached hydrogens (tertiary/aromatic N) is 1. The van der Waals surface area contributed by atoms with Crippen LogP contribution < -0.4 is 0 Å². The number of rotatable bonds is 4. The molecular weight excluding hydrogens is 335 g/mol. The zero-order valence-electron chi connectivity index (χ0n) is 13.2. The van der Waals surface area contributed by atoms with E-state index in [-0.39, 0.29) is 24.5 Å². The molecule has 1 fully saturated rings. The van der Waals surface area contributed by atoms with Gasteiger partial charge < -0.3 is 9.84 Å². The number of morpholine rings is 1. The second kappa shape index (κ2) is 7.25. The summed E-state index contributed by atoms with van der Waals surface area (Å²) in [4.78, 5) is 13.4. The van der Waals surface area contributed by atoms with E-state index in [0.29, 0.717) is 6.54 Å². The van der Waals surface area contributed by atoms with Crippen molar-refractivity contribution in [3.8, 4) is 0 Å². The topological polar surface area (TPSA) is 49.8 Å². The van der Waals surface area contributed by atoms with E-state index in [1.54, 1.807) is 17.0 Å². The fraction of sp³-hybridized carbons (Fsp3) is 0.278. The molecule has 3 rings (SSSR count). The van der Waals surface area contributed by atoms with Crippen LogP contribution in [0.1, 0.15) is 23.3 Å². The minimum atomic E-state index is -1.16. The van der Waals surface area contributed by atoms with Crippen LogP contribution in [-0.2, 0) is 9.53 Å². The van der Waals surface area contributed by atoms with Gasteiger partial charge >= 0.3 is 5.97 Å². The summed E-state index contributed by atoms with van der Waals surface area (Å²) in [5.74, 6) is -3.65. The summed E-state index contributed by atoms with van der Waals surface area (Å²) >= 11 is 0. The van der Waals surface area contributed by atoms with Crippen LogP contribution in [0.25, 0.3) is 0 Å². The fourth-order valence-electron chi connectivity index (χ4n) is 2.97. The van der Waals surface area contributed by atoms with E-state index in [0.717, 1.165) is 17.7 Å². The summed E-state index contributed by atoms with van der Waals surface area (Å²) in [5.41, 5.74) is 0.881. The third-order valence-corrected chi connectivity index (χ3v) is 4.20. The number of aliphatic carboxylic acids is 1. The molecule has 1 N–H and O–H groups in total. The largest absolute Gasteiger partial charge is 0.480 e. The summed E-state index contributed by atoms with van der Waals surface area (Å²) in [7, 11) is 0. The molecule has 4 nitrogen and oxygen atoms in total. The van der Waals surface area contributed by atoms with Crippen LogP contribution in [0.5, 0.6) is 0 Å². The number of carbonyl (C=O) groups is 1. The average molecular weight is 351 g/mol. The number of carboxylic acids is 1. The first-order chi connectivity index (χ1) is 12.0. The first kappa shape index (κ1) is 17.4. The Morgan fingerprint density at radius 1 is 1.12 bits per heavy atom. The Hall–Kier alpha value is -2.38. The van der Waals surface area contributed by atoms with Crippen LogP contribution in [0.2, 0.25) is 0 Å². The van der Waals surface area contributed by atoms with Gasteiger partial charge in [0.05, 0.1) is 12.7 Å². The van der Waals surface area contributed by atoms with Crippen molar-refractivity contribution in [1.82, 2.24) is 4.90 Å². The normalized spacial score (nSPS) is 19.6. The highest BCUT2D eigenvalue weighted by Crippen LogP contribution is 2.30. The number of hydrogen-bond acceptors (Lipinski definition) is 3. The van der Waals surface area contributed by atoms with Gasteiger partial charge in [-0.15, -0.1) is 0 Å². The molecule has 0 spiro atoms. The van der Waals surface area contributed by atoms with Crippen molar-refractivity contribution in [2.75, 3.05) is 19.7 Å². The molecule has 132 valence electrons. The molecule has 2 aromatic rings. The summed E-state index contributed by atoms with van der Waals surface area (Å²) in [6.45, 7) is 0.838. The number of carboxylic acid groups (broad SMARTS) is 1. The Bertz CT molecular complexity index is 767. The third-order valence-electron chi connectivity index (χ3n) is 4.20. The monoisotopic (exact) mass is 351 g/mol. The zero-order chi connectivity index (χ0) is 18.0. The molecule has 1 aliphatic rings. The molecule has 2 unspecified atom stereocenters. The van der Waals surface area contributed by atoms with E-state index in [9.17, 15) is 23.1 Å². The van der Waals surface area contributed by atoms with Crippen molar-refractivity contribution in [2.24, 2.45) is 0 Å². The van der Waals surface area contributed by atoms with Gasteiger partial charge in [0.25, 0.3) is 0 Å². The van der Waals surface area contributed by atoms with E-state index in [4.69, 9.17) is 4.74 Å². The van der Waals surface area contributed by atoms with Crippen LogP contribution in [-0.4, -0.2) is 35.7 Å². The summed E-state index contributed by atoms with van der Waals surface area (Å²) in [5, 5.41) is 9.58. The third kappa shape index (κ3) is 3.83. The minimum Gasteiger partial charge on any atom is -0.480 e. The van der Waals surface area contributed by atoms with Gasteiger partial charge in [0.2, 0.25) is 0 Å². The molecule has 0 radical (unpaired) electrons. The van der Waals surface area contributed by atoms with Crippen molar-refractivity contribution in [2.45, 2.75) is 12.1 Å². The SMILES string of the molecule is O=C(O)C(c1ccc(F)c(F)c1)N1CCOC(c2ccc(F)cc2)C1. The second-order valence-corrected chi connectivity index (χ2v) is 5.82. The highest BCUT2D eigenvalue weighted by Gasteiger charge is 2.33. The van der Waals surface area contributed by atoms with Crippen LogP contribution >= 0.6 is 0 Å². The number of hydrogen-bond donors (Lipinski definition) is 1. The molecule has 0 amide bonds. The van der Waals surface area contributed by atoms with Crippen molar-refractivity contribution in [1.29, 1.82) is 0 Å². The van der Waals surface area contributed by atoms with Crippen molar-refractivity contribution in [3.63, 3.8) is 0 Å². The number of benzene rings is 2. The molecule has 0 saturated carbocycles.